The van der Waals surface area contributed by atoms with E-state index in [1.807, 2.05) is 13.0 Å². The molecule has 19 heavy (non-hydrogen) atoms. The van der Waals surface area contributed by atoms with Gasteiger partial charge < -0.3 is 5.32 Å². The lowest BCUT2D eigenvalue weighted by molar-refractivity contribution is 0.742. The first-order chi connectivity index (χ1) is 9.26. The van der Waals surface area contributed by atoms with Gasteiger partial charge in [0.1, 0.15) is 0 Å². The minimum atomic E-state index is 0.438. The molecule has 0 atom stereocenters. The Bertz CT molecular complexity index is 685. The Hall–Kier alpha value is -2.77. The van der Waals surface area contributed by atoms with Gasteiger partial charge in [0.2, 0.25) is 5.95 Å². The molecule has 0 saturated carbocycles. The highest BCUT2D eigenvalue weighted by atomic mass is 15.4. The first-order valence-corrected chi connectivity index (χ1v) is 5.73. The number of rotatable bonds is 3. The van der Waals surface area contributed by atoms with Gasteiger partial charge in [0.25, 0.3) is 11.9 Å². The molecule has 3 rings (SSSR count). The van der Waals surface area contributed by atoms with E-state index in [9.17, 15) is 0 Å². The molecule has 0 aliphatic carbocycles. The second-order valence-corrected chi connectivity index (χ2v) is 3.86. The van der Waals surface area contributed by atoms with Gasteiger partial charge >= 0.3 is 0 Å². The Morgan fingerprint density at radius 1 is 1.05 bits per heavy atom. The van der Waals surface area contributed by atoms with Crippen LogP contribution in [0.15, 0.2) is 30.7 Å². The Morgan fingerprint density at radius 2 is 1.84 bits per heavy atom. The van der Waals surface area contributed by atoms with Crippen molar-refractivity contribution >= 4 is 5.95 Å². The van der Waals surface area contributed by atoms with Crippen molar-refractivity contribution in [1.82, 2.24) is 34.5 Å². The highest BCUT2D eigenvalue weighted by Gasteiger charge is 2.09. The number of aromatic nitrogens is 7. The predicted molar refractivity (Wildman–Crippen MR) is 68.4 cm³/mol. The van der Waals surface area contributed by atoms with Gasteiger partial charge in [0.05, 0.1) is 5.69 Å². The summed E-state index contributed by atoms with van der Waals surface area (Å²) < 4.78 is 3.17. The first kappa shape index (κ1) is 11.3. The van der Waals surface area contributed by atoms with Crippen molar-refractivity contribution in [3.8, 4) is 11.9 Å². The lowest BCUT2D eigenvalue weighted by Crippen LogP contribution is -2.12. The molecule has 0 aromatic carbocycles. The number of anilines is 1. The fraction of sp³-hybridized carbons (Fsp3) is 0.182. The average Bonchev–Trinajstić information content (AvgIpc) is 3.09. The molecular formula is C11H12N8. The summed E-state index contributed by atoms with van der Waals surface area (Å²) in [5.74, 6) is 1.34. The molecule has 96 valence electrons. The molecular weight excluding hydrogens is 244 g/mol. The monoisotopic (exact) mass is 256 g/mol. The van der Waals surface area contributed by atoms with Gasteiger partial charge in [-0.2, -0.15) is 25.1 Å². The van der Waals surface area contributed by atoms with E-state index in [0.29, 0.717) is 17.8 Å². The number of hydrogen-bond donors (Lipinski definition) is 1. The number of nitrogens with one attached hydrogen (secondary N) is 1. The zero-order chi connectivity index (χ0) is 13.2. The summed E-state index contributed by atoms with van der Waals surface area (Å²) in [5, 5.41) is 11.3. The van der Waals surface area contributed by atoms with Crippen LogP contribution in [0.1, 0.15) is 5.69 Å². The molecule has 0 aliphatic rings. The molecule has 0 unspecified atom stereocenters. The lowest BCUT2D eigenvalue weighted by atomic mass is 10.5. The Labute approximate surface area is 109 Å². The van der Waals surface area contributed by atoms with Crippen molar-refractivity contribution in [2.45, 2.75) is 6.92 Å². The molecule has 0 saturated heterocycles. The summed E-state index contributed by atoms with van der Waals surface area (Å²) >= 11 is 0. The average molecular weight is 256 g/mol. The first-order valence-electron chi connectivity index (χ1n) is 5.73. The van der Waals surface area contributed by atoms with Crippen molar-refractivity contribution in [3.63, 3.8) is 0 Å². The smallest absolute Gasteiger partial charge is 0.257 e. The lowest BCUT2D eigenvalue weighted by Gasteiger charge is -2.06. The Kier molecular flexibility index (Phi) is 2.67. The molecule has 0 aliphatic heterocycles. The van der Waals surface area contributed by atoms with Gasteiger partial charge in [-0.25, -0.2) is 9.36 Å². The fourth-order valence-corrected chi connectivity index (χ4v) is 1.58. The standard InChI is InChI=1S/C11H12N8/c1-8-4-7-19(17-8)11-15-9(12-2)14-10(16-11)18-6-3-5-13-18/h3-7H,1-2H3,(H,12,14,15,16). The van der Waals surface area contributed by atoms with E-state index in [2.05, 4.69) is 30.5 Å². The topological polar surface area (TPSA) is 86.3 Å². The summed E-state index contributed by atoms with van der Waals surface area (Å²) in [7, 11) is 1.75. The highest BCUT2D eigenvalue weighted by Crippen LogP contribution is 2.08. The fourth-order valence-electron chi connectivity index (χ4n) is 1.58. The van der Waals surface area contributed by atoms with Crippen LogP contribution < -0.4 is 5.32 Å². The van der Waals surface area contributed by atoms with Crippen LogP contribution in [-0.4, -0.2) is 41.6 Å². The van der Waals surface area contributed by atoms with Gasteiger partial charge in [-0.15, -0.1) is 0 Å². The maximum absolute atomic E-state index is 4.35. The number of aryl methyl sites for hydroxylation is 1. The molecule has 1 N–H and O–H groups in total. The van der Waals surface area contributed by atoms with E-state index in [4.69, 9.17) is 0 Å². The summed E-state index contributed by atoms with van der Waals surface area (Å²) in [4.78, 5) is 12.9. The van der Waals surface area contributed by atoms with Crippen LogP contribution in [0.3, 0.4) is 0 Å². The molecule has 8 nitrogen and oxygen atoms in total. The van der Waals surface area contributed by atoms with Crippen LogP contribution in [0, 0.1) is 6.92 Å². The van der Waals surface area contributed by atoms with Gasteiger partial charge in [-0.1, -0.05) is 0 Å². The van der Waals surface area contributed by atoms with E-state index < -0.39 is 0 Å². The normalized spacial score (nSPS) is 10.6. The largest absolute Gasteiger partial charge is 0.357 e. The second-order valence-electron chi connectivity index (χ2n) is 3.86. The second kappa shape index (κ2) is 4.48. The van der Waals surface area contributed by atoms with Crippen LogP contribution in [0.2, 0.25) is 0 Å². The third-order valence-electron chi connectivity index (χ3n) is 2.47. The summed E-state index contributed by atoms with van der Waals surface area (Å²) in [6.07, 6.45) is 5.24. The summed E-state index contributed by atoms with van der Waals surface area (Å²) in [6, 6.07) is 3.69. The SMILES string of the molecule is CNc1nc(-n2cccn2)nc(-n2ccc(C)n2)n1. The summed E-state index contributed by atoms with van der Waals surface area (Å²) in [5.41, 5.74) is 0.895. The minimum absolute atomic E-state index is 0.438. The van der Waals surface area contributed by atoms with Gasteiger partial charge in [-0.05, 0) is 19.1 Å². The molecule has 0 radical (unpaired) electrons. The number of nitrogens with zero attached hydrogens (tertiary/aromatic N) is 7. The highest BCUT2D eigenvalue weighted by molar-refractivity contribution is 5.31. The minimum Gasteiger partial charge on any atom is -0.357 e. The third kappa shape index (κ3) is 2.15. The molecule has 0 fully saturated rings. The predicted octanol–water partition coefficient (Wildman–Crippen LogP) is 0.593. The summed E-state index contributed by atoms with van der Waals surface area (Å²) in [6.45, 7) is 1.91. The van der Waals surface area contributed by atoms with Crippen LogP contribution in [-0.2, 0) is 0 Å². The van der Waals surface area contributed by atoms with E-state index in [1.165, 1.54) is 0 Å². The zero-order valence-corrected chi connectivity index (χ0v) is 10.5. The van der Waals surface area contributed by atoms with Gasteiger partial charge in [0.15, 0.2) is 0 Å². The molecule has 3 aromatic rings. The molecule has 3 aromatic heterocycles. The molecule has 3 heterocycles. The molecule has 8 heteroatoms. The van der Waals surface area contributed by atoms with E-state index >= 15 is 0 Å². The van der Waals surface area contributed by atoms with E-state index in [-0.39, 0.29) is 0 Å². The molecule has 0 spiro atoms. The third-order valence-corrected chi connectivity index (χ3v) is 2.47. The zero-order valence-electron chi connectivity index (χ0n) is 10.5. The van der Waals surface area contributed by atoms with Crippen LogP contribution >= 0.6 is 0 Å². The van der Waals surface area contributed by atoms with Crippen molar-refractivity contribution in [1.29, 1.82) is 0 Å². The van der Waals surface area contributed by atoms with Crippen molar-refractivity contribution < 1.29 is 0 Å². The number of hydrogen-bond acceptors (Lipinski definition) is 6. The van der Waals surface area contributed by atoms with Crippen molar-refractivity contribution in [3.05, 3.63) is 36.4 Å². The van der Waals surface area contributed by atoms with Crippen LogP contribution in [0.25, 0.3) is 11.9 Å². The quantitative estimate of drug-likeness (QED) is 0.738. The molecule has 0 amide bonds. The Balaban J connectivity index is 2.12. The van der Waals surface area contributed by atoms with Crippen molar-refractivity contribution in [2.75, 3.05) is 12.4 Å². The van der Waals surface area contributed by atoms with Crippen LogP contribution in [0.4, 0.5) is 5.95 Å². The van der Waals surface area contributed by atoms with E-state index in [1.54, 1.807) is 41.1 Å². The van der Waals surface area contributed by atoms with E-state index in [0.717, 1.165) is 5.69 Å². The maximum Gasteiger partial charge on any atom is 0.257 e. The molecule has 0 bridgehead atoms. The van der Waals surface area contributed by atoms with Gasteiger partial charge in [0, 0.05) is 25.6 Å². The van der Waals surface area contributed by atoms with Crippen molar-refractivity contribution in [2.24, 2.45) is 0 Å². The van der Waals surface area contributed by atoms with Crippen LogP contribution in [0.5, 0.6) is 0 Å². The Morgan fingerprint density at radius 3 is 2.42 bits per heavy atom. The van der Waals surface area contributed by atoms with Gasteiger partial charge in [-0.3, -0.25) is 0 Å². The maximum atomic E-state index is 4.35.